The maximum atomic E-state index is 13.3. The molecule has 11 heteroatoms. The molecule has 2 saturated heterocycles. The monoisotopic (exact) mass is 454 g/mol. The van der Waals surface area contributed by atoms with E-state index < -0.39 is 48.7 Å². The number of anilines is 1. The van der Waals surface area contributed by atoms with Gasteiger partial charge in [-0.3, -0.25) is 9.59 Å². The molecule has 32 heavy (non-hydrogen) atoms. The molecule has 1 aromatic rings. The van der Waals surface area contributed by atoms with Crippen LogP contribution < -0.4 is 10.2 Å². The molecule has 8 nitrogen and oxygen atoms in total. The van der Waals surface area contributed by atoms with Crippen molar-refractivity contribution in [1.82, 2.24) is 10.2 Å². The van der Waals surface area contributed by atoms with Crippen molar-refractivity contribution in [3.63, 3.8) is 0 Å². The van der Waals surface area contributed by atoms with Gasteiger partial charge < -0.3 is 25.3 Å². The average molecular weight is 454 g/mol. The number of hydrogen-bond donors (Lipinski definition) is 3. The Kier molecular flexibility index (Phi) is 7.26. The number of carbonyl (C=O) groups excluding carboxylic acids is 2. The summed E-state index contributed by atoms with van der Waals surface area (Å²) in [6, 6.07) is 6.01. The summed E-state index contributed by atoms with van der Waals surface area (Å²) < 4.78 is 39.8. The molecule has 0 aromatic heterocycles. The third-order valence-electron chi connectivity index (χ3n) is 5.90. The number of aliphatic hydroxyl groups excluding tert-OH is 2. The van der Waals surface area contributed by atoms with Crippen molar-refractivity contribution >= 4 is 17.5 Å². The van der Waals surface area contributed by atoms with Crippen LogP contribution in [-0.4, -0.2) is 77.8 Å². The fraction of sp³-hybridized carbons (Fsp3) is 0.571. The van der Waals surface area contributed by atoms with E-state index in [2.05, 4.69) is 5.32 Å². The smallest absolute Gasteiger partial charge is 0.267 e. The van der Waals surface area contributed by atoms with Gasteiger partial charge in [0.2, 0.25) is 0 Å². The lowest BCUT2D eigenvalue weighted by Gasteiger charge is -2.34. The summed E-state index contributed by atoms with van der Waals surface area (Å²) in [5.41, 5.74) is 0.884. The summed E-state index contributed by atoms with van der Waals surface area (Å²) in [5, 5.41) is 31.6. The highest BCUT2D eigenvalue weighted by molar-refractivity contribution is 5.90. The Hall–Kier alpha value is -2.84. The molecular weight excluding hydrogens is 429 g/mol. The third-order valence-corrected chi connectivity index (χ3v) is 5.90. The zero-order valence-corrected chi connectivity index (χ0v) is 17.3. The van der Waals surface area contributed by atoms with Gasteiger partial charge >= 0.3 is 0 Å². The first-order chi connectivity index (χ1) is 15.1. The van der Waals surface area contributed by atoms with Crippen molar-refractivity contribution < 1.29 is 33.0 Å². The van der Waals surface area contributed by atoms with E-state index in [9.17, 15) is 38.2 Å². The van der Waals surface area contributed by atoms with E-state index in [-0.39, 0.29) is 24.6 Å². The molecule has 3 rings (SSSR count). The highest BCUT2D eigenvalue weighted by Gasteiger charge is 2.43. The lowest BCUT2D eigenvalue weighted by Crippen LogP contribution is -2.51. The van der Waals surface area contributed by atoms with Gasteiger partial charge in [-0.15, -0.1) is 0 Å². The molecule has 2 atom stereocenters. The normalized spacial score (nSPS) is 20.5. The second-order valence-electron chi connectivity index (χ2n) is 8.20. The van der Waals surface area contributed by atoms with Crippen LogP contribution in [0, 0.1) is 23.1 Å². The molecule has 174 valence electrons. The van der Waals surface area contributed by atoms with Crippen molar-refractivity contribution in [2.24, 2.45) is 5.92 Å². The SMILES string of the molecule is N#Cc1cc(F)ccc1N1CCC(CNC(=O)[C@H](O)[C@@H](O)C(=O)N2CCC(F)(F)C2)CC1. The number of nitriles is 1. The molecule has 0 unspecified atom stereocenters. The van der Waals surface area contributed by atoms with Crippen molar-refractivity contribution in [1.29, 1.82) is 5.26 Å². The van der Waals surface area contributed by atoms with Crippen LogP contribution in [0.1, 0.15) is 24.8 Å². The second kappa shape index (κ2) is 9.75. The Bertz CT molecular complexity index is 900. The number of likely N-dealkylation sites (tertiary alicyclic amines) is 1. The first-order valence-corrected chi connectivity index (χ1v) is 10.4. The molecule has 1 aromatic carbocycles. The molecular formula is C21H25F3N4O4. The minimum Gasteiger partial charge on any atom is -0.380 e. The van der Waals surface area contributed by atoms with E-state index >= 15 is 0 Å². The van der Waals surface area contributed by atoms with Gasteiger partial charge in [0.25, 0.3) is 17.7 Å². The topological polar surface area (TPSA) is 117 Å². The first-order valence-electron chi connectivity index (χ1n) is 10.4. The number of benzene rings is 1. The van der Waals surface area contributed by atoms with E-state index in [0.717, 1.165) is 4.90 Å². The van der Waals surface area contributed by atoms with Crippen LogP contribution in [0.5, 0.6) is 0 Å². The Labute approximate surface area is 183 Å². The zero-order valence-electron chi connectivity index (χ0n) is 17.3. The zero-order chi connectivity index (χ0) is 23.5. The molecule has 2 fully saturated rings. The van der Waals surface area contributed by atoms with E-state index in [1.54, 1.807) is 6.07 Å². The summed E-state index contributed by atoms with van der Waals surface area (Å²) >= 11 is 0. The van der Waals surface area contributed by atoms with Crippen molar-refractivity contribution in [3.8, 4) is 6.07 Å². The largest absolute Gasteiger partial charge is 0.380 e. The summed E-state index contributed by atoms with van der Waals surface area (Å²) in [5.74, 6) is -5.53. The quantitative estimate of drug-likeness (QED) is 0.580. The van der Waals surface area contributed by atoms with Crippen LogP contribution >= 0.6 is 0 Å². The van der Waals surface area contributed by atoms with Crippen LogP contribution in [0.4, 0.5) is 18.9 Å². The first kappa shape index (κ1) is 23.8. The number of piperidine rings is 1. The van der Waals surface area contributed by atoms with Gasteiger partial charge in [-0.25, -0.2) is 13.2 Å². The number of rotatable bonds is 6. The van der Waals surface area contributed by atoms with Gasteiger partial charge in [-0.1, -0.05) is 0 Å². The highest BCUT2D eigenvalue weighted by atomic mass is 19.3. The maximum absolute atomic E-state index is 13.3. The number of amides is 2. The number of hydrogen-bond acceptors (Lipinski definition) is 6. The van der Waals surface area contributed by atoms with Crippen LogP contribution in [0.15, 0.2) is 18.2 Å². The van der Waals surface area contributed by atoms with E-state index in [4.69, 9.17) is 0 Å². The van der Waals surface area contributed by atoms with Gasteiger partial charge in [0.1, 0.15) is 11.9 Å². The van der Waals surface area contributed by atoms with Crippen LogP contribution in [0.3, 0.4) is 0 Å². The van der Waals surface area contributed by atoms with E-state index in [1.165, 1.54) is 12.1 Å². The van der Waals surface area contributed by atoms with Gasteiger partial charge in [-0.05, 0) is 37.0 Å². The molecule has 0 aliphatic carbocycles. The predicted octanol–water partition coefficient (Wildman–Crippen LogP) is 0.619. The molecule has 2 aliphatic heterocycles. The Balaban J connectivity index is 1.46. The van der Waals surface area contributed by atoms with E-state index in [1.807, 2.05) is 11.0 Å². The number of aliphatic hydroxyl groups is 2. The molecule has 0 bridgehead atoms. The Morgan fingerprint density at radius 2 is 1.91 bits per heavy atom. The Morgan fingerprint density at radius 1 is 1.22 bits per heavy atom. The number of carbonyl (C=O) groups is 2. The minimum atomic E-state index is -3.04. The number of alkyl halides is 2. The fourth-order valence-electron chi connectivity index (χ4n) is 3.99. The molecule has 2 heterocycles. The lowest BCUT2D eigenvalue weighted by atomic mass is 9.95. The lowest BCUT2D eigenvalue weighted by molar-refractivity contribution is -0.153. The fourth-order valence-corrected chi connectivity index (χ4v) is 3.99. The van der Waals surface area contributed by atoms with Gasteiger partial charge in [0.05, 0.1) is 17.8 Å². The Morgan fingerprint density at radius 3 is 2.50 bits per heavy atom. The van der Waals surface area contributed by atoms with Crippen molar-refractivity contribution in [2.75, 3.05) is 37.6 Å². The van der Waals surface area contributed by atoms with Gasteiger partial charge in [0.15, 0.2) is 12.2 Å². The average Bonchev–Trinajstić information content (AvgIpc) is 3.15. The predicted molar refractivity (Wildman–Crippen MR) is 107 cm³/mol. The molecule has 3 N–H and O–H groups in total. The standard InChI is InChI=1S/C21H25F3N4O4/c22-15-1-2-16(14(9-15)10-25)27-6-3-13(4-7-27)11-26-19(31)17(29)18(30)20(32)28-8-5-21(23,24)12-28/h1-2,9,13,17-18,29-30H,3-8,11-12H2,(H,26,31)/t17-,18-/m1/s1. The summed E-state index contributed by atoms with van der Waals surface area (Å²) in [6.07, 6.45) is -3.39. The number of halogens is 3. The van der Waals surface area contributed by atoms with Gasteiger partial charge in [0, 0.05) is 32.6 Å². The second-order valence-corrected chi connectivity index (χ2v) is 8.20. The molecule has 2 aliphatic rings. The van der Waals surface area contributed by atoms with Gasteiger partial charge in [-0.2, -0.15) is 5.26 Å². The number of nitrogens with zero attached hydrogens (tertiary/aromatic N) is 3. The summed E-state index contributed by atoms with van der Waals surface area (Å²) in [4.78, 5) is 26.9. The van der Waals surface area contributed by atoms with E-state index in [0.29, 0.717) is 31.6 Å². The molecule has 0 saturated carbocycles. The summed E-state index contributed by atoms with van der Waals surface area (Å²) in [6.45, 7) is 0.247. The molecule has 2 amide bonds. The van der Waals surface area contributed by atoms with Crippen LogP contribution in [0.25, 0.3) is 0 Å². The highest BCUT2D eigenvalue weighted by Crippen LogP contribution is 2.28. The molecule has 0 spiro atoms. The molecule has 0 radical (unpaired) electrons. The maximum Gasteiger partial charge on any atom is 0.267 e. The van der Waals surface area contributed by atoms with Crippen LogP contribution in [-0.2, 0) is 9.59 Å². The van der Waals surface area contributed by atoms with Crippen molar-refractivity contribution in [3.05, 3.63) is 29.6 Å². The minimum absolute atomic E-state index is 0.0542. The van der Waals surface area contributed by atoms with Crippen LogP contribution in [0.2, 0.25) is 0 Å². The number of nitrogens with one attached hydrogen (secondary N) is 1. The van der Waals surface area contributed by atoms with Crippen molar-refractivity contribution in [2.45, 2.75) is 37.4 Å². The summed E-state index contributed by atoms with van der Waals surface area (Å²) in [7, 11) is 0. The third kappa shape index (κ3) is 5.49.